The molecule has 124 valence electrons. The van der Waals surface area contributed by atoms with Gasteiger partial charge >= 0.3 is 15.6 Å². The zero-order chi connectivity index (χ0) is 16.7. The Balaban J connectivity index is 1.86. The molecule has 0 fully saturated rings. The standard InChI is InChI=1S/C12H10F3N3O4S/c13-12(14,15)23(19,20)22-9-3-4-21-10(5-9)8-1-2-11-16-7-17-18(11)6-8/h1-2,5-7,10H,3-4H2. The molecule has 0 amide bonds. The number of nitrogens with zero attached hydrogens (tertiary/aromatic N) is 3. The second-order valence-electron chi connectivity index (χ2n) is 4.68. The fraction of sp³-hybridized carbons (Fsp3) is 0.333. The molecule has 2 aromatic heterocycles. The van der Waals surface area contributed by atoms with Gasteiger partial charge in [-0.15, -0.1) is 0 Å². The van der Waals surface area contributed by atoms with E-state index >= 15 is 0 Å². The van der Waals surface area contributed by atoms with Crippen LogP contribution in [-0.4, -0.2) is 35.1 Å². The molecule has 0 N–H and O–H groups in total. The van der Waals surface area contributed by atoms with Crippen molar-refractivity contribution in [2.45, 2.75) is 18.0 Å². The van der Waals surface area contributed by atoms with Crippen LogP contribution in [0.3, 0.4) is 0 Å². The minimum atomic E-state index is -5.68. The average Bonchev–Trinajstić information content (AvgIpc) is 2.93. The van der Waals surface area contributed by atoms with Gasteiger partial charge in [-0.2, -0.15) is 26.7 Å². The van der Waals surface area contributed by atoms with Gasteiger partial charge in [0.25, 0.3) is 0 Å². The van der Waals surface area contributed by atoms with Crippen molar-refractivity contribution in [3.05, 3.63) is 42.1 Å². The van der Waals surface area contributed by atoms with Gasteiger partial charge in [-0.1, -0.05) is 6.07 Å². The third-order valence-corrected chi connectivity index (χ3v) is 4.11. The summed E-state index contributed by atoms with van der Waals surface area (Å²) in [5.74, 6) is -0.308. The molecule has 0 radical (unpaired) electrons. The number of ether oxygens (including phenoxy) is 1. The second kappa shape index (κ2) is 5.49. The summed E-state index contributed by atoms with van der Waals surface area (Å²) in [5.41, 5.74) is -4.31. The predicted octanol–water partition coefficient (Wildman–Crippen LogP) is 1.94. The molecule has 0 saturated heterocycles. The lowest BCUT2D eigenvalue weighted by Gasteiger charge is -2.22. The summed E-state index contributed by atoms with van der Waals surface area (Å²) >= 11 is 0. The van der Waals surface area contributed by atoms with Crippen LogP contribution in [0, 0.1) is 0 Å². The summed E-state index contributed by atoms with van der Waals surface area (Å²) in [5, 5.41) is 3.94. The Labute approximate surface area is 128 Å². The van der Waals surface area contributed by atoms with Crippen molar-refractivity contribution in [2.24, 2.45) is 0 Å². The maximum atomic E-state index is 12.4. The van der Waals surface area contributed by atoms with E-state index in [1.54, 1.807) is 18.3 Å². The molecule has 7 nitrogen and oxygen atoms in total. The fourth-order valence-corrected chi connectivity index (χ4v) is 2.55. The number of rotatable bonds is 3. The summed E-state index contributed by atoms with van der Waals surface area (Å²) in [4.78, 5) is 3.96. The molecular weight excluding hydrogens is 339 g/mol. The van der Waals surface area contributed by atoms with Crippen LogP contribution in [0.1, 0.15) is 18.1 Å². The Hall–Kier alpha value is -2.14. The minimum Gasteiger partial charge on any atom is -0.381 e. The Kier molecular flexibility index (Phi) is 3.76. The van der Waals surface area contributed by atoms with Crippen molar-refractivity contribution >= 4 is 15.8 Å². The lowest BCUT2D eigenvalue weighted by atomic mass is 10.1. The molecule has 23 heavy (non-hydrogen) atoms. The summed E-state index contributed by atoms with van der Waals surface area (Å²) in [6, 6.07) is 3.31. The smallest absolute Gasteiger partial charge is 0.381 e. The average molecular weight is 349 g/mol. The van der Waals surface area contributed by atoms with Gasteiger partial charge < -0.3 is 8.92 Å². The summed E-state index contributed by atoms with van der Waals surface area (Å²) in [7, 11) is -5.68. The van der Waals surface area contributed by atoms with Gasteiger partial charge in [-0.05, 0) is 12.1 Å². The zero-order valence-electron chi connectivity index (χ0n) is 11.4. The molecule has 1 aliphatic heterocycles. The summed E-state index contributed by atoms with van der Waals surface area (Å²) < 4.78 is 70.2. The van der Waals surface area contributed by atoms with Gasteiger partial charge in [0.2, 0.25) is 0 Å². The van der Waals surface area contributed by atoms with Gasteiger partial charge in [0.1, 0.15) is 18.2 Å². The van der Waals surface area contributed by atoms with E-state index in [9.17, 15) is 21.6 Å². The van der Waals surface area contributed by atoms with Crippen molar-refractivity contribution in [2.75, 3.05) is 6.61 Å². The molecule has 2 aromatic rings. The maximum absolute atomic E-state index is 12.4. The first-order chi connectivity index (χ1) is 10.8. The highest BCUT2D eigenvalue weighted by molar-refractivity contribution is 7.87. The molecule has 0 bridgehead atoms. The number of pyridine rings is 1. The molecule has 11 heteroatoms. The van der Waals surface area contributed by atoms with Crippen LogP contribution < -0.4 is 0 Å². The van der Waals surface area contributed by atoms with Crippen LogP contribution in [0.25, 0.3) is 5.65 Å². The highest BCUT2D eigenvalue weighted by Crippen LogP contribution is 2.31. The molecular formula is C12H10F3N3O4S. The third-order valence-electron chi connectivity index (χ3n) is 3.11. The van der Waals surface area contributed by atoms with Crippen LogP contribution in [0.15, 0.2) is 36.5 Å². The first-order valence-electron chi connectivity index (χ1n) is 6.38. The molecule has 0 spiro atoms. The molecule has 3 heterocycles. The number of alkyl halides is 3. The van der Waals surface area contributed by atoms with Crippen LogP contribution in [0.4, 0.5) is 13.2 Å². The number of hydrogen-bond donors (Lipinski definition) is 0. The summed E-state index contributed by atoms with van der Waals surface area (Å²) in [6.07, 6.45) is 3.32. The Morgan fingerprint density at radius 3 is 2.87 bits per heavy atom. The molecule has 3 rings (SSSR count). The van der Waals surface area contributed by atoms with Gasteiger partial charge in [0, 0.05) is 18.2 Å². The molecule has 1 unspecified atom stereocenters. The highest BCUT2D eigenvalue weighted by atomic mass is 32.2. The lowest BCUT2D eigenvalue weighted by molar-refractivity contribution is -0.0530. The van der Waals surface area contributed by atoms with E-state index < -0.39 is 21.7 Å². The van der Waals surface area contributed by atoms with E-state index in [2.05, 4.69) is 14.3 Å². The number of hydrogen-bond acceptors (Lipinski definition) is 6. The van der Waals surface area contributed by atoms with Crippen molar-refractivity contribution in [3.63, 3.8) is 0 Å². The van der Waals surface area contributed by atoms with Crippen LogP contribution in [-0.2, 0) is 19.0 Å². The van der Waals surface area contributed by atoms with E-state index in [0.717, 1.165) is 0 Å². The Bertz CT molecular complexity index is 860. The SMILES string of the molecule is O=S(=O)(OC1=CC(c2ccc3ncnn3c2)OCC1)C(F)(F)F. The largest absolute Gasteiger partial charge is 0.534 e. The number of fused-ring (bicyclic) bond motifs is 1. The van der Waals surface area contributed by atoms with Crippen molar-refractivity contribution in [1.82, 2.24) is 14.6 Å². The Morgan fingerprint density at radius 2 is 2.13 bits per heavy atom. The first-order valence-corrected chi connectivity index (χ1v) is 7.79. The van der Waals surface area contributed by atoms with Gasteiger partial charge in [-0.25, -0.2) is 9.50 Å². The van der Waals surface area contributed by atoms with E-state index in [0.29, 0.717) is 11.2 Å². The fourth-order valence-electron chi connectivity index (χ4n) is 2.04. The second-order valence-corrected chi connectivity index (χ2v) is 6.22. The molecule has 1 aliphatic rings. The van der Waals surface area contributed by atoms with E-state index in [4.69, 9.17) is 4.74 Å². The number of halogens is 3. The van der Waals surface area contributed by atoms with Crippen LogP contribution in [0.2, 0.25) is 0 Å². The van der Waals surface area contributed by atoms with E-state index in [-0.39, 0.29) is 18.8 Å². The van der Waals surface area contributed by atoms with Gasteiger partial charge in [-0.3, -0.25) is 0 Å². The van der Waals surface area contributed by atoms with Crippen molar-refractivity contribution in [1.29, 1.82) is 0 Å². The topological polar surface area (TPSA) is 82.8 Å². The van der Waals surface area contributed by atoms with Gasteiger partial charge in [0.15, 0.2) is 5.65 Å². The maximum Gasteiger partial charge on any atom is 0.534 e. The van der Waals surface area contributed by atoms with Crippen LogP contribution in [0.5, 0.6) is 0 Å². The molecule has 1 atom stereocenters. The third kappa shape index (κ3) is 3.15. The van der Waals surface area contributed by atoms with Crippen LogP contribution >= 0.6 is 0 Å². The molecule has 0 aliphatic carbocycles. The summed E-state index contributed by atoms with van der Waals surface area (Å²) in [6.45, 7) is 0.0271. The quantitative estimate of drug-likeness (QED) is 0.622. The van der Waals surface area contributed by atoms with Crippen molar-refractivity contribution < 1.29 is 30.5 Å². The molecule has 0 saturated carbocycles. The van der Waals surface area contributed by atoms with Crippen molar-refractivity contribution in [3.8, 4) is 0 Å². The highest BCUT2D eigenvalue weighted by Gasteiger charge is 2.49. The lowest BCUT2D eigenvalue weighted by Crippen LogP contribution is -2.26. The minimum absolute atomic E-state index is 0.0271. The Morgan fingerprint density at radius 1 is 1.35 bits per heavy atom. The van der Waals surface area contributed by atoms with E-state index in [1.807, 2.05) is 0 Å². The van der Waals surface area contributed by atoms with E-state index in [1.165, 1.54) is 16.9 Å². The normalized spacial score (nSPS) is 19.6. The first kappa shape index (κ1) is 15.7. The predicted molar refractivity (Wildman–Crippen MR) is 70.4 cm³/mol. The zero-order valence-corrected chi connectivity index (χ0v) is 12.2. The monoisotopic (exact) mass is 349 g/mol. The van der Waals surface area contributed by atoms with Gasteiger partial charge in [0.05, 0.1) is 6.61 Å². The number of aromatic nitrogens is 3. The molecule has 0 aromatic carbocycles.